The lowest BCUT2D eigenvalue weighted by molar-refractivity contribution is 0.0218. The van der Waals surface area contributed by atoms with E-state index < -0.39 is 0 Å². The van der Waals surface area contributed by atoms with Crippen molar-refractivity contribution in [2.24, 2.45) is 5.92 Å². The maximum Gasteiger partial charge on any atom is 0.261 e. The van der Waals surface area contributed by atoms with Gasteiger partial charge in [-0.1, -0.05) is 29.8 Å². The summed E-state index contributed by atoms with van der Waals surface area (Å²) in [6.45, 7) is 4.58. The molecule has 3 aliphatic rings. The summed E-state index contributed by atoms with van der Waals surface area (Å²) < 4.78 is 0. The third-order valence-corrected chi connectivity index (χ3v) is 6.89. The summed E-state index contributed by atoms with van der Waals surface area (Å²) in [5.41, 5.74) is 0.986. The number of hydrogen-bond donors (Lipinski definition) is 1. The molecular formula is C19H21ClN2OS. The number of nitrogens with zero attached hydrogens (tertiary/aromatic N) is 1. The van der Waals surface area contributed by atoms with E-state index in [9.17, 15) is 4.79 Å². The summed E-state index contributed by atoms with van der Waals surface area (Å²) in [6.07, 6.45) is 2.40. The number of piperidine rings is 3. The maximum absolute atomic E-state index is 12.7. The minimum absolute atomic E-state index is 0.0453. The van der Waals surface area contributed by atoms with Crippen LogP contribution < -0.4 is 5.32 Å². The van der Waals surface area contributed by atoms with Crippen LogP contribution >= 0.6 is 22.9 Å². The van der Waals surface area contributed by atoms with Crippen molar-refractivity contribution in [1.29, 1.82) is 0 Å². The number of halogens is 1. The van der Waals surface area contributed by atoms with Crippen LogP contribution in [0.15, 0.2) is 36.4 Å². The van der Waals surface area contributed by atoms with Crippen LogP contribution in [0.3, 0.4) is 0 Å². The molecule has 3 saturated heterocycles. The van der Waals surface area contributed by atoms with E-state index in [4.69, 9.17) is 11.6 Å². The molecule has 3 nitrogen and oxygen atoms in total. The van der Waals surface area contributed by atoms with Gasteiger partial charge in [0.15, 0.2) is 0 Å². The van der Waals surface area contributed by atoms with Gasteiger partial charge in [-0.15, -0.1) is 11.3 Å². The van der Waals surface area contributed by atoms with Gasteiger partial charge >= 0.3 is 0 Å². The molecular weight excluding hydrogens is 340 g/mol. The highest BCUT2D eigenvalue weighted by molar-refractivity contribution is 7.17. The molecule has 2 unspecified atom stereocenters. The monoisotopic (exact) mass is 360 g/mol. The fourth-order valence-corrected chi connectivity index (χ4v) is 5.28. The van der Waals surface area contributed by atoms with Crippen LogP contribution in [0.4, 0.5) is 0 Å². The fourth-order valence-electron chi connectivity index (χ4n) is 4.03. The molecule has 5 heteroatoms. The molecule has 0 aliphatic carbocycles. The van der Waals surface area contributed by atoms with Crippen molar-refractivity contribution >= 4 is 28.8 Å². The topological polar surface area (TPSA) is 32.3 Å². The predicted molar refractivity (Wildman–Crippen MR) is 99.8 cm³/mol. The number of nitrogens with one attached hydrogen (secondary N) is 1. The Balaban J connectivity index is 1.51. The first-order valence-corrected chi connectivity index (χ1v) is 9.72. The minimum atomic E-state index is 0.0453. The second-order valence-corrected chi connectivity index (χ2v) is 8.25. The molecule has 126 valence electrons. The number of fused-ring (bicyclic) bond motifs is 3. The van der Waals surface area contributed by atoms with Crippen molar-refractivity contribution in [1.82, 2.24) is 10.2 Å². The van der Waals surface area contributed by atoms with Crippen LogP contribution in [-0.2, 0) is 0 Å². The van der Waals surface area contributed by atoms with Gasteiger partial charge in [-0.2, -0.15) is 0 Å². The summed E-state index contributed by atoms with van der Waals surface area (Å²) in [6, 6.07) is 12.4. The largest absolute Gasteiger partial charge is 0.347 e. The number of hydrogen-bond acceptors (Lipinski definition) is 3. The maximum atomic E-state index is 12.7. The van der Waals surface area contributed by atoms with E-state index in [2.05, 4.69) is 17.1 Å². The molecule has 1 N–H and O–H groups in total. The Morgan fingerprint density at radius 3 is 2.67 bits per heavy atom. The zero-order valence-electron chi connectivity index (χ0n) is 13.7. The Bertz CT molecular complexity index is 749. The van der Waals surface area contributed by atoms with E-state index >= 15 is 0 Å². The lowest BCUT2D eigenvalue weighted by Crippen LogP contribution is -2.62. The first kappa shape index (κ1) is 16.1. The lowest BCUT2D eigenvalue weighted by Gasteiger charge is -2.49. The molecule has 24 heavy (non-hydrogen) atoms. The van der Waals surface area contributed by atoms with Gasteiger partial charge in [0.2, 0.25) is 0 Å². The number of amides is 1. The van der Waals surface area contributed by atoms with Crippen LogP contribution in [0.25, 0.3) is 10.4 Å². The first-order chi connectivity index (χ1) is 11.6. The second-order valence-electron chi connectivity index (χ2n) is 6.76. The van der Waals surface area contributed by atoms with Crippen LogP contribution in [0.5, 0.6) is 0 Å². The summed E-state index contributed by atoms with van der Waals surface area (Å²) in [5.74, 6) is 0.667. The molecule has 0 radical (unpaired) electrons. The molecule has 3 fully saturated rings. The molecule has 1 aromatic heterocycles. The molecule has 3 aliphatic heterocycles. The van der Waals surface area contributed by atoms with E-state index in [1.807, 2.05) is 36.4 Å². The Kier molecular flexibility index (Phi) is 4.37. The molecule has 0 spiro atoms. The van der Waals surface area contributed by atoms with Gasteiger partial charge in [-0.05, 0) is 57.0 Å². The Morgan fingerprint density at radius 2 is 1.96 bits per heavy atom. The van der Waals surface area contributed by atoms with E-state index in [0.717, 1.165) is 20.3 Å². The molecule has 2 bridgehead atoms. The SMILES string of the molecule is CC1C(NC(=O)c2ccc(-c3ccccc3Cl)s2)C2CCN1CC2. The second kappa shape index (κ2) is 6.51. The smallest absolute Gasteiger partial charge is 0.261 e. The third-order valence-electron chi connectivity index (χ3n) is 5.44. The first-order valence-electron chi connectivity index (χ1n) is 8.53. The van der Waals surface area contributed by atoms with Crippen molar-refractivity contribution < 1.29 is 4.79 Å². The highest BCUT2D eigenvalue weighted by Crippen LogP contribution is 2.35. The number of carbonyl (C=O) groups excluding carboxylic acids is 1. The van der Waals surface area contributed by atoms with Gasteiger partial charge in [-0.3, -0.25) is 9.69 Å². The summed E-state index contributed by atoms with van der Waals surface area (Å²) >= 11 is 7.77. The number of benzene rings is 1. The predicted octanol–water partition coefficient (Wildman–Crippen LogP) is 4.28. The lowest BCUT2D eigenvalue weighted by atomic mass is 9.79. The average molecular weight is 361 g/mol. The van der Waals surface area contributed by atoms with Gasteiger partial charge < -0.3 is 5.32 Å². The van der Waals surface area contributed by atoms with Crippen molar-refractivity contribution in [3.05, 3.63) is 46.3 Å². The zero-order chi connectivity index (χ0) is 16.7. The normalized spacial score (nSPS) is 28.8. The highest BCUT2D eigenvalue weighted by Gasteiger charge is 2.40. The number of thiophene rings is 1. The number of rotatable bonds is 3. The van der Waals surface area contributed by atoms with Gasteiger partial charge in [0.1, 0.15) is 0 Å². The van der Waals surface area contributed by atoms with Crippen molar-refractivity contribution in [3.8, 4) is 10.4 Å². The molecule has 2 atom stereocenters. The van der Waals surface area contributed by atoms with Crippen LogP contribution in [-0.4, -0.2) is 36.0 Å². The standard InChI is InChI=1S/C19H21ClN2OS/c1-12-18(13-8-10-22(12)11-9-13)21-19(23)17-7-6-16(24-17)14-4-2-3-5-15(14)20/h2-7,12-13,18H,8-11H2,1H3,(H,21,23). The highest BCUT2D eigenvalue weighted by atomic mass is 35.5. The van der Waals surface area contributed by atoms with Crippen molar-refractivity contribution in [3.63, 3.8) is 0 Å². The molecule has 1 aromatic carbocycles. The fraction of sp³-hybridized carbons (Fsp3) is 0.421. The van der Waals surface area contributed by atoms with E-state index in [-0.39, 0.29) is 11.9 Å². The Hall–Kier alpha value is -1.36. The molecule has 2 aromatic rings. The van der Waals surface area contributed by atoms with E-state index in [0.29, 0.717) is 12.0 Å². The quantitative estimate of drug-likeness (QED) is 0.885. The summed E-state index contributed by atoms with van der Waals surface area (Å²) in [7, 11) is 0. The number of carbonyl (C=O) groups is 1. The Morgan fingerprint density at radius 1 is 1.21 bits per heavy atom. The van der Waals surface area contributed by atoms with E-state index in [1.54, 1.807) is 0 Å². The summed E-state index contributed by atoms with van der Waals surface area (Å²) in [4.78, 5) is 17.0. The summed E-state index contributed by atoms with van der Waals surface area (Å²) in [5, 5.41) is 4.01. The van der Waals surface area contributed by atoms with Crippen LogP contribution in [0.2, 0.25) is 5.02 Å². The molecule has 4 heterocycles. The van der Waals surface area contributed by atoms with Crippen LogP contribution in [0, 0.1) is 5.92 Å². The van der Waals surface area contributed by atoms with Gasteiger partial charge in [0, 0.05) is 27.5 Å². The minimum Gasteiger partial charge on any atom is -0.347 e. The van der Waals surface area contributed by atoms with Crippen LogP contribution in [0.1, 0.15) is 29.4 Å². The van der Waals surface area contributed by atoms with Crippen molar-refractivity contribution in [2.45, 2.75) is 31.8 Å². The molecule has 1 amide bonds. The Labute approximate surface area is 151 Å². The van der Waals surface area contributed by atoms with Gasteiger partial charge in [-0.25, -0.2) is 0 Å². The average Bonchev–Trinajstić information content (AvgIpc) is 3.09. The van der Waals surface area contributed by atoms with Crippen molar-refractivity contribution in [2.75, 3.05) is 13.1 Å². The van der Waals surface area contributed by atoms with Gasteiger partial charge in [0.25, 0.3) is 5.91 Å². The molecule has 0 saturated carbocycles. The third kappa shape index (κ3) is 2.87. The zero-order valence-corrected chi connectivity index (χ0v) is 15.2. The van der Waals surface area contributed by atoms with Gasteiger partial charge in [0.05, 0.1) is 4.88 Å². The molecule has 5 rings (SSSR count). The van der Waals surface area contributed by atoms with E-state index in [1.165, 1.54) is 37.3 Å².